The zero-order chi connectivity index (χ0) is 13.1. The fourth-order valence-corrected chi connectivity index (χ4v) is 6.97. The van der Waals surface area contributed by atoms with Gasteiger partial charge in [-0.1, -0.05) is 0 Å². The van der Waals surface area contributed by atoms with Gasteiger partial charge in [-0.25, -0.2) is 0 Å². The van der Waals surface area contributed by atoms with Gasteiger partial charge in [0, 0.05) is 0 Å². The van der Waals surface area contributed by atoms with Crippen molar-refractivity contribution in [3.05, 3.63) is 45.4 Å². The Morgan fingerprint density at radius 2 is 0.889 bits per heavy atom. The predicted molar refractivity (Wildman–Crippen MR) is 86.5 cm³/mol. The standard InChI is InChI=1S/C16H24P2/c1-13-9-17(10-14(13)2)7-5-6-8-18-11-15(3)16(4)12-18/h9-12H,5-8H2,1-4H3. The largest absolute Gasteiger partial charge is 0.124 e. The van der Waals surface area contributed by atoms with Gasteiger partial charge >= 0.3 is 0 Å². The van der Waals surface area contributed by atoms with E-state index in [9.17, 15) is 0 Å². The molecule has 0 aliphatic heterocycles. The SMILES string of the molecule is Cc1cp(CCCCp2cc(C)c(C)c2)cc1C. The molecule has 2 heteroatoms. The van der Waals surface area contributed by atoms with E-state index in [0.29, 0.717) is 0 Å². The molecule has 2 aromatic rings. The first-order valence-electron chi connectivity index (χ1n) is 6.82. The monoisotopic (exact) mass is 278 g/mol. The summed E-state index contributed by atoms with van der Waals surface area (Å²) in [4.78, 5) is 0. The normalized spacial score (nSPS) is 11.1. The van der Waals surface area contributed by atoms with Gasteiger partial charge in [0.2, 0.25) is 0 Å². The minimum Gasteiger partial charge on any atom is -0.124 e. The lowest BCUT2D eigenvalue weighted by Gasteiger charge is -2.00. The van der Waals surface area contributed by atoms with E-state index in [1.165, 1.54) is 47.4 Å². The van der Waals surface area contributed by atoms with Crippen molar-refractivity contribution in [3.8, 4) is 0 Å². The van der Waals surface area contributed by atoms with Gasteiger partial charge < -0.3 is 0 Å². The van der Waals surface area contributed by atoms with Crippen molar-refractivity contribution in [2.24, 2.45) is 0 Å². The van der Waals surface area contributed by atoms with E-state index in [0.717, 1.165) is 0 Å². The third-order valence-electron chi connectivity index (χ3n) is 3.76. The van der Waals surface area contributed by atoms with Crippen molar-refractivity contribution >= 4 is 15.1 Å². The summed E-state index contributed by atoms with van der Waals surface area (Å²) in [5.41, 5.74) is 6.05. The predicted octanol–water partition coefficient (Wildman–Crippen LogP) is 6.37. The van der Waals surface area contributed by atoms with Crippen molar-refractivity contribution in [2.45, 2.75) is 52.9 Å². The molecule has 0 fully saturated rings. The number of aryl methyl sites for hydroxylation is 6. The van der Waals surface area contributed by atoms with Crippen LogP contribution in [0.3, 0.4) is 0 Å². The lowest BCUT2D eigenvalue weighted by atomic mass is 10.2. The summed E-state index contributed by atoms with van der Waals surface area (Å²) in [6.45, 7) is 8.99. The van der Waals surface area contributed by atoms with Crippen molar-refractivity contribution in [1.82, 2.24) is 0 Å². The summed E-state index contributed by atoms with van der Waals surface area (Å²) in [6.07, 6.45) is 5.60. The van der Waals surface area contributed by atoms with Crippen LogP contribution in [0.4, 0.5) is 0 Å². The molecule has 0 N–H and O–H groups in total. The van der Waals surface area contributed by atoms with E-state index < -0.39 is 0 Å². The Balaban J connectivity index is 1.76. The molecule has 0 aliphatic rings. The van der Waals surface area contributed by atoms with Crippen molar-refractivity contribution in [3.63, 3.8) is 0 Å². The van der Waals surface area contributed by atoms with Crippen LogP contribution in [0.2, 0.25) is 0 Å². The molecule has 0 unspecified atom stereocenters. The van der Waals surface area contributed by atoms with Crippen LogP contribution in [0.25, 0.3) is 0 Å². The second-order valence-corrected chi connectivity index (χ2v) is 9.42. The molecule has 0 atom stereocenters. The topological polar surface area (TPSA) is 0 Å². The summed E-state index contributed by atoms with van der Waals surface area (Å²) in [6, 6.07) is 0. The molecule has 0 spiro atoms. The van der Waals surface area contributed by atoms with E-state index in [2.05, 4.69) is 50.9 Å². The zero-order valence-electron chi connectivity index (χ0n) is 12.0. The highest BCUT2D eigenvalue weighted by atomic mass is 31.1. The minimum atomic E-state index is 0.0870. The smallest absolute Gasteiger partial charge is 0.0141 e. The molecule has 0 aromatic carbocycles. The zero-order valence-corrected chi connectivity index (χ0v) is 13.8. The van der Waals surface area contributed by atoms with Crippen LogP contribution in [0.1, 0.15) is 35.1 Å². The number of rotatable bonds is 5. The number of hydrogen-bond acceptors (Lipinski definition) is 0. The quantitative estimate of drug-likeness (QED) is 0.557. The summed E-state index contributed by atoms with van der Waals surface area (Å²) >= 11 is 0. The van der Waals surface area contributed by atoms with Crippen LogP contribution in [-0.2, 0) is 12.3 Å². The molecule has 2 rings (SSSR count). The van der Waals surface area contributed by atoms with Crippen LogP contribution in [0.15, 0.2) is 23.2 Å². The fourth-order valence-electron chi connectivity index (χ4n) is 2.32. The molecule has 0 saturated carbocycles. The van der Waals surface area contributed by atoms with Gasteiger partial charge in [0.1, 0.15) is 0 Å². The van der Waals surface area contributed by atoms with Gasteiger partial charge in [-0.3, -0.25) is 0 Å². The molecule has 2 heterocycles. The molecule has 0 saturated heterocycles. The summed E-state index contributed by atoms with van der Waals surface area (Å²) in [5, 5.41) is 0. The van der Waals surface area contributed by atoms with Gasteiger partial charge in [-0.05, 0) is 98.3 Å². The van der Waals surface area contributed by atoms with Crippen LogP contribution < -0.4 is 0 Å². The lowest BCUT2D eigenvalue weighted by Crippen LogP contribution is -1.74. The minimum absolute atomic E-state index is 0.0870. The average Bonchev–Trinajstić information content (AvgIpc) is 2.79. The second-order valence-electron chi connectivity index (χ2n) is 5.43. The first kappa shape index (κ1) is 14.0. The fraction of sp³-hybridized carbons (Fsp3) is 0.500. The third-order valence-corrected chi connectivity index (χ3v) is 8.31. The second kappa shape index (κ2) is 6.14. The highest BCUT2D eigenvalue weighted by molar-refractivity contribution is 7.48. The Bertz CT molecular complexity index is 430. The summed E-state index contributed by atoms with van der Waals surface area (Å²) in [5.74, 6) is 10.00. The molecular formula is C16H24P2. The molecule has 0 aliphatic carbocycles. The lowest BCUT2D eigenvalue weighted by molar-refractivity contribution is 0.828. The Labute approximate surface area is 114 Å². The van der Waals surface area contributed by atoms with Gasteiger partial charge in [-0.15, -0.1) is 15.1 Å². The molecular weight excluding hydrogens is 254 g/mol. The number of unbranched alkanes of at least 4 members (excludes halogenated alkanes) is 1. The molecule has 2 aromatic heterocycles. The summed E-state index contributed by atoms with van der Waals surface area (Å²) < 4.78 is 0. The highest BCUT2D eigenvalue weighted by Crippen LogP contribution is 2.38. The van der Waals surface area contributed by atoms with Gasteiger partial charge in [0.05, 0.1) is 0 Å². The van der Waals surface area contributed by atoms with E-state index in [1.54, 1.807) is 0 Å². The van der Waals surface area contributed by atoms with Crippen LogP contribution in [-0.4, -0.2) is 0 Å². The molecule has 0 amide bonds. The van der Waals surface area contributed by atoms with Crippen molar-refractivity contribution in [2.75, 3.05) is 0 Å². The highest BCUT2D eigenvalue weighted by Gasteiger charge is 2.01. The molecule has 98 valence electrons. The first-order valence-corrected chi connectivity index (χ1v) is 10.2. The Kier molecular flexibility index (Phi) is 4.77. The Hall–Kier alpha value is -0.440. The van der Waals surface area contributed by atoms with Gasteiger partial charge in [0.25, 0.3) is 0 Å². The molecule has 0 bridgehead atoms. The molecule has 0 nitrogen and oxygen atoms in total. The average molecular weight is 278 g/mol. The maximum absolute atomic E-state index is 2.50. The van der Waals surface area contributed by atoms with E-state index >= 15 is 0 Å². The van der Waals surface area contributed by atoms with Crippen LogP contribution >= 0.6 is 15.1 Å². The van der Waals surface area contributed by atoms with Gasteiger partial charge in [0.15, 0.2) is 0 Å². The first-order chi connectivity index (χ1) is 8.56. The van der Waals surface area contributed by atoms with Crippen LogP contribution in [0.5, 0.6) is 0 Å². The van der Waals surface area contributed by atoms with Gasteiger partial charge in [-0.2, -0.15) is 0 Å². The Morgan fingerprint density at radius 3 is 1.17 bits per heavy atom. The summed E-state index contributed by atoms with van der Waals surface area (Å²) in [7, 11) is 0.174. The van der Waals surface area contributed by atoms with Crippen molar-refractivity contribution < 1.29 is 0 Å². The van der Waals surface area contributed by atoms with E-state index in [1.807, 2.05) is 0 Å². The number of hydrogen-bond donors (Lipinski definition) is 0. The van der Waals surface area contributed by atoms with Crippen LogP contribution in [0, 0.1) is 27.7 Å². The van der Waals surface area contributed by atoms with Crippen molar-refractivity contribution in [1.29, 1.82) is 0 Å². The third kappa shape index (κ3) is 3.53. The van der Waals surface area contributed by atoms with E-state index in [4.69, 9.17) is 0 Å². The molecule has 18 heavy (non-hydrogen) atoms. The van der Waals surface area contributed by atoms with E-state index in [-0.39, 0.29) is 15.1 Å². The maximum atomic E-state index is 2.50. The molecule has 0 radical (unpaired) electrons. The Morgan fingerprint density at radius 1 is 0.611 bits per heavy atom. The maximum Gasteiger partial charge on any atom is -0.0141 e.